The first-order valence-corrected chi connectivity index (χ1v) is 8.40. The van der Waals surface area contributed by atoms with Gasteiger partial charge in [-0.2, -0.15) is 0 Å². The van der Waals surface area contributed by atoms with E-state index < -0.39 is 17.7 Å². The Morgan fingerprint density at radius 1 is 0.821 bits per heavy atom. The summed E-state index contributed by atoms with van der Waals surface area (Å²) in [6.45, 7) is 0. The minimum Gasteiger partial charge on any atom is -0.355 e. The molecule has 2 amide bonds. The molecule has 3 N–H and O–H groups in total. The second-order valence-corrected chi connectivity index (χ2v) is 6.20. The molecule has 0 aliphatic carbocycles. The third-order valence-corrected chi connectivity index (χ3v) is 4.19. The van der Waals surface area contributed by atoms with Crippen molar-refractivity contribution in [2.75, 3.05) is 10.6 Å². The van der Waals surface area contributed by atoms with Gasteiger partial charge in [-0.15, -0.1) is 0 Å². The Kier molecular flexibility index (Phi) is 4.49. The molecule has 0 atom stereocenters. The summed E-state index contributed by atoms with van der Waals surface area (Å²) in [6, 6.07) is 15.5. The lowest BCUT2D eigenvalue weighted by Gasteiger charge is -2.09. The third-order valence-electron chi connectivity index (χ3n) is 4.19. The van der Waals surface area contributed by atoms with Crippen molar-refractivity contribution in [3.05, 3.63) is 84.2 Å². The zero-order valence-corrected chi connectivity index (χ0v) is 14.4. The largest absolute Gasteiger partial charge is 0.355 e. The highest BCUT2D eigenvalue weighted by atomic mass is 19.1. The van der Waals surface area contributed by atoms with Gasteiger partial charge in [-0.25, -0.2) is 18.0 Å². The number of aromatic amines is 1. The van der Waals surface area contributed by atoms with Crippen molar-refractivity contribution in [2.45, 2.75) is 0 Å². The van der Waals surface area contributed by atoms with Crippen LogP contribution in [-0.2, 0) is 0 Å². The quantitative estimate of drug-likeness (QED) is 0.407. The van der Waals surface area contributed by atoms with Crippen LogP contribution in [-0.4, -0.2) is 11.0 Å². The van der Waals surface area contributed by atoms with Crippen molar-refractivity contribution >= 4 is 28.3 Å². The first-order chi connectivity index (χ1) is 13.5. The highest BCUT2D eigenvalue weighted by Crippen LogP contribution is 2.26. The van der Waals surface area contributed by atoms with Crippen LogP contribution in [0.4, 0.5) is 29.3 Å². The topological polar surface area (TPSA) is 56.9 Å². The molecule has 0 unspecified atom stereocenters. The number of amides is 2. The Bertz CT molecular complexity index is 1190. The summed E-state index contributed by atoms with van der Waals surface area (Å²) >= 11 is 0. The van der Waals surface area contributed by atoms with E-state index in [9.17, 15) is 18.0 Å². The van der Waals surface area contributed by atoms with Crippen LogP contribution in [0.2, 0.25) is 0 Å². The fourth-order valence-corrected chi connectivity index (χ4v) is 2.90. The highest BCUT2D eigenvalue weighted by molar-refractivity contribution is 6.00. The van der Waals surface area contributed by atoms with Gasteiger partial charge in [0.2, 0.25) is 0 Å². The Hall–Kier alpha value is -3.74. The van der Waals surface area contributed by atoms with Crippen LogP contribution < -0.4 is 10.6 Å². The molecule has 4 nitrogen and oxygen atoms in total. The highest BCUT2D eigenvalue weighted by Gasteiger charge is 2.10. The lowest BCUT2D eigenvalue weighted by atomic mass is 10.1. The van der Waals surface area contributed by atoms with E-state index in [1.807, 2.05) is 12.1 Å². The number of carbonyl (C=O) groups excluding carboxylic acids is 1. The van der Waals surface area contributed by atoms with Gasteiger partial charge >= 0.3 is 6.03 Å². The summed E-state index contributed by atoms with van der Waals surface area (Å²) in [4.78, 5) is 15.3. The van der Waals surface area contributed by atoms with Gasteiger partial charge in [0.1, 0.15) is 17.5 Å². The average Bonchev–Trinajstić information content (AvgIpc) is 3.07. The van der Waals surface area contributed by atoms with Crippen LogP contribution in [0.15, 0.2) is 66.7 Å². The average molecular weight is 381 g/mol. The molecule has 0 saturated heterocycles. The normalized spacial score (nSPS) is 10.8. The SMILES string of the molecule is O=C(Nc1cccc(-c2cc3cc(F)ccc3[nH]2)c1)Nc1ccc(F)cc1F. The zero-order chi connectivity index (χ0) is 19.7. The van der Waals surface area contributed by atoms with Crippen molar-refractivity contribution < 1.29 is 18.0 Å². The van der Waals surface area contributed by atoms with E-state index in [1.54, 1.807) is 24.3 Å². The molecule has 0 fully saturated rings. The van der Waals surface area contributed by atoms with E-state index in [0.29, 0.717) is 11.8 Å². The molecule has 0 aliphatic heterocycles. The number of aromatic nitrogens is 1. The van der Waals surface area contributed by atoms with Gasteiger partial charge in [-0.1, -0.05) is 12.1 Å². The molecule has 0 saturated carbocycles. The Morgan fingerprint density at radius 3 is 2.43 bits per heavy atom. The molecule has 3 aromatic carbocycles. The number of carbonyl (C=O) groups is 1. The predicted octanol–water partition coefficient (Wildman–Crippen LogP) is 5.90. The Morgan fingerprint density at radius 2 is 1.61 bits per heavy atom. The summed E-state index contributed by atoms with van der Waals surface area (Å²) in [5.74, 6) is -1.92. The lowest BCUT2D eigenvalue weighted by molar-refractivity contribution is 0.262. The van der Waals surface area contributed by atoms with Crippen LogP contribution in [0.25, 0.3) is 22.2 Å². The molecular formula is C21H14F3N3O. The second kappa shape index (κ2) is 7.11. The van der Waals surface area contributed by atoms with E-state index in [4.69, 9.17) is 0 Å². The minimum atomic E-state index is -0.866. The molecular weight excluding hydrogens is 367 g/mol. The summed E-state index contributed by atoms with van der Waals surface area (Å²) in [6.07, 6.45) is 0. The van der Waals surface area contributed by atoms with E-state index >= 15 is 0 Å². The summed E-state index contributed by atoms with van der Waals surface area (Å²) in [7, 11) is 0. The van der Waals surface area contributed by atoms with Gasteiger partial charge in [0, 0.05) is 33.9 Å². The van der Waals surface area contributed by atoms with Crippen LogP contribution in [0.1, 0.15) is 0 Å². The molecule has 0 spiro atoms. The molecule has 0 radical (unpaired) electrons. The summed E-state index contributed by atoms with van der Waals surface area (Å²) < 4.78 is 40.0. The zero-order valence-electron chi connectivity index (χ0n) is 14.4. The third kappa shape index (κ3) is 3.68. The van der Waals surface area contributed by atoms with Crippen molar-refractivity contribution in [1.82, 2.24) is 4.98 Å². The fraction of sp³-hybridized carbons (Fsp3) is 0. The maximum atomic E-state index is 13.7. The molecule has 28 heavy (non-hydrogen) atoms. The van der Waals surface area contributed by atoms with Gasteiger partial charge in [0.05, 0.1) is 5.69 Å². The van der Waals surface area contributed by atoms with Crippen LogP contribution in [0.5, 0.6) is 0 Å². The van der Waals surface area contributed by atoms with Crippen molar-refractivity contribution in [2.24, 2.45) is 0 Å². The number of rotatable bonds is 3. The molecule has 4 rings (SSSR count). The first-order valence-electron chi connectivity index (χ1n) is 8.40. The monoisotopic (exact) mass is 381 g/mol. The molecule has 1 aromatic heterocycles. The Balaban J connectivity index is 1.53. The van der Waals surface area contributed by atoms with E-state index in [-0.39, 0.29) is 11.5 Å². The second-order valence-electron chi connectivity index (χ2n) is 6.20. The number of anilines is 2. The number of benzene rings is 3. The van der Waals surface area contributed by atoms with Gasteiger partial charge < -0.3 is 15.6 Å². The summed E-state index contributed by atoms with van der Waals surface area (Å²) in [5, 5.41) is 5.67. The van der Waals surface area contributed by atoms with E-state index in [0.717, 1.165) is 34.3 Å². The van der Waals surface area contributed by atoms with Crippen LogP contribution >= 0.6 is 0 Å². The number of hydrogen-bond acceptors (Lipinski definition) is 1. The van der Waals surface area contributed by atoms with Crippen LogP contribution in [0, 0.1) is 17.5 Å². The number of urea groups is 1. The number of fused-ring (bicyclic) bond motifs is 1. The lowest BCUT2D eigenvalue weighted by Crippen LogP contribution is -2.20. The molecule has 4 aromatic rings. The van der Waals surface area contributed by atoms with Crippen molar-refractivity contribution in [3.63, 3.8) is 0 Å². The maximum absolute atomic E-state index is 13.7. The van der Waals surface area contributed by atoms with Crippen molar-refractivity contribution in [3.8, 4) is 11.3 Å². The van der Waals surface area contributed by atoms with Gasteiger partial charge in [0.15, 0.2) is 0 Å². The predicted molar refractivity (Wildman–Crippen MR) is 103 cm³/mol. The van der Waals surface area contributed by atoms with Gasteiger partial charge in [-0.3, -0.25) is 0 Å². The molecule has 1 heterocycles. The standard InChI is InChI=1S/C21H14F3N3O/c22-14-4-6-18-13(8-14)10-20(26-18)12-2-1-3-16(9-12)25-21(28)27-19-7-5-15(23)11-17(19)24/h1-11,26H,(H2,25,27,28). The molecule has 7 heteroatoms. The fourth-order valence-electron chi connectivity index (χ4n) is 2.90. The van der Waals surface area contributed by atoms with Crippen LogP contribution in [0.3, 0.4) is 0 Å². The molecule has 0 bridgehead atoms. The van der Waals surface area contributed by atoms with E-state index in [2.05, 4.69) is 15.6 Å². The van der Waals surface area contributed by atoms with Gasteiger partial charge in [-0.05, 0) is 48.5 Å². The smallest absolute Gasteiger partial charge is 0.323 e. The van der Waals surface area contributed by atoms with Gasteiger partial charge in [0.25, 0.3) is 0 Å². The Labute approximate surface area is 158 Å². The molecule has 140 valence electrons. The summed E-state index contributed by atoms with van der Waals surface area (Å²) in [5.41, 5.74) is 2.67. The van der Waals surface area contributed by atoms with Crippen molar-refractivity contribution in [1.29, 1.82) is 0 Å². The molecule has 0 aliphatic rings. The minimum absolute atomic E-state index is 0.132. The number of halogens is 3. The number of hydrogen-bond donors (Lipinski definition) is 3. The maximum Gasteiger partial charge on any atom is 0.323 e. The first kappa shape index (κ1) is 17.7. The number of nitrogens with one attached hydrogen (secondary N) is 3. The number of H-pyrrole nitrogens is 1. The van der Waals surface area contributed by atoms with E-state index in [1.165, 1.54) is 12.1 Å².